The third-order valence-corrected chi connectivity index (χ3v) is 3.24. The second kappa shape index (κ2) is 5.61. The highest BCUT2D eigenvalue weighted by molar-refractivity contribution is 5.84. The van der Waals surface area contributed by atoms with E-state index in [4.69, 9.17) is 9.47 Å². The van der Waals surface area contributed by atoms with E-state index in [1.165, 1.54) is 20.6 Å². The summed E-state index contributed by atoms with van der Waals surface area (Å²) in [5.74, 6) is 1.50. The summed E-state index contributed by atoms with van der Waals surface area (Å²) in [5.41, 5.74) is 0. The van der Waals surface area contributed by atoms with Gasteiger partial charge in [-0.1, -0.05) is 13.8 Å². The number of methoxy groups -OCH3 is 2. The van der Waals surface area contributed by atoms with E-state index in [9.17, 15) is 4.79 Å². The van der Waals surface area contributed by atoms with Crippen LogP contribution in [0.5, 0.6) is 0 Å². The molecule has 1 aliphatic rings. The average molecular weight is 214 g/mol. The molecule has 88 valence electrons. The SMILES string of the molecule is COC(OC)C(=O)C1CC(C)CC(C)C1. The molecule has 3 heteroatoms. The molecule has 3 nitrogen and oxygen atoms in total. The molecule has 15 heavy (non-hydrogen) atoms. The smallest absolute Gasteiger partial charge is 0.217 e. The predicted octanol–water partition coefficient (Wildman–Crippen LogP) is 2.25. The third-order valence-electron chi connectivity index (χ3n) is 3.24. The normalized spacial score (nSPS) is 31.9. The molecule has 2 unspecified atom stereocenters. The van der Waals surface area contributed by atoms with Gasteiger partial charge in [-0.25, -0.2) is 0 Å². The van der Waals surface area contributed by atoms with E-state index in [1.807, 2.05) is 0 Å². The van der Waals surface area contributed by atoms with Crippen molar-refractivity contribution >= 4 is 5.78 Å². The number of carbonyl (C=O) groups is 1. The standard InChI is InChI=1S/C12H22O3/c1-8-5-9(2)7-10(6-8)11(13)12(14-3)15-4/h8-10,12H,5-7H2,1-4H3. The number of ketones is 1. The minimum absolute atomic E-state index is 0.110. The van der Waals surface area contributed by atoms with Crippen LogP contribution >= 0.6 is 0 Å². The molecule has 0 heterocycles. The summed E-state index contributed by atoms with van der Waals surface area (Å²) >= 11 is 0. The van der Waals surface area contributed by atoms with E-state index in [0.29, 0.717) is 11.8 Å². The van der Waals surface area contributed by atoms with Crippen LogP contribution in [-0.4, -0.2) is 26.3 Å². The summed E-state index contributed by atoms with van der Waals surface area (Å²) < 4.78 is 10.0. The van der Waals surface area contributed by atoms with Crippen LogP contribution in [0.1, 0.15) is 33.1 Å². The summed E-state index contributed by atoms with van der Waals surface area (Å²) in [5, 5.41) is 0. The average Bonchev–Trinajstić information content (AvgIpc) is 2.18. The van der Waals surface area contributed by atoms with Crippen molar-refractivity contribution in [3.8, 4) is 0 Å². The van der Waals surface area contributed by atoms with Gasteiger partial charge < -0.3 is 9.47 Å². The maximum Gasteiger partial charge on any atom is 0.217 e. The molecule has 0 N–H and O–H groups in total. The molecule has 1 rings (SSSR count). The van der Waals surface area contributed by atoms with Crippen molar-refractivity contribution in [3.63, 3.8) is 0 Å². The van der Waals surface area contributed by atoms with Gasteiger partial charge in [-0.3, -0.25) is 4.79 Å². The van der Waals surface area contributed by atoms with Gasteiger partial charge in [0.15, 0.2) is 5.78 Å². The Hall–Kier alpha value is -0.410. The molecule has 0 aromatic carbocycles. The van der Waals surface area contributed by atoms with Gasteiger partial charge in [0, 0.05) is 20.1 Å². The van der Waals surface area contributed by atoms with Gasteiger partial charge in [-0.15, -0.1) is 0 Å². The maximum absolute atomic E-state index is 12.0. The van der Waals surface area contributed by atoms with E-state index in [1.54, 1.807) is 0 Å². The number of ether oxygens (including phenoxy) is 2. The first-order chi connectivity index (χ1) is 7.08. The minimum atomic E-state index is -0.674. The van der Waals surface area contributed by atoms with Crippen LogP contribution in [0.3, 0.4) is 0 Å². The highest BCUT2D eigenvalue weighted by Crippen LogP contribution is 2.34. The molecular formula is C12H22O3. The Labute approximate surface area is 92.1 Å². The van der Waals surface area contributed by atoms with Crippen LogP contribution in [-0.2, 0) is 14.3 Å². The molecule has 0 amide bonds. The van der Waals surface area contributed by atoms with E-state index in [0.717, 1.165) is 12.8 Å². The molecule has 0 aromatic heterocycles. The van der Waals surface area contributed by atoms with Gasteiger partial charge in [0.25, 0.3) is 0 Å². The Kier molecular flexibility index (Phi) is 4.74. The maximum atomic E-state index is 12.0. The fourth-order valence-electron chi connectivity index (χ4n) is 2.70. The first-order valence-electron chi connectivity index (χ1n) is 5.67. The number of hydrogen-bond acceptors (Lipinski definition) is 3. The highest BCUT2D eigenvalue weighted by Gasteiger charge is 2.33. The molecule has 0 aromatic rings. The zero-order valence-electron chi connectivity index (χ0n) is 10.2. The van der Waals surface area contributed by atoms with Gasteiger partial charge in [0.2, 0.25) is 6.29 Å². The molecular weight excluding hydrogens is 192 g/mol. The van der Waals surface area contributed by atoms with Crippen molar-refractivity contribution in [2.45, 2.75) is 39.4 Å². The monoisotopic (exact) mass is 214 g/mol. The Morgan fingerprint density at radius 3 is 1.93 bits per heavy atom. The van der Waals surface area contributed by atoms with Crippen LogP contribution in [0.25, 0.3) is 0 Å². The second-order valence-electron chi connectivity index (χ2n) is 4.82. The molecule has 1 aliphatic carbocycles. The van der Waals surface area contributed by atoms with Crippen LogP contribution < -0.4 is 0 Å². The van der Waals surface area contributed by atoms with E-state index < -0.39 is 6.29 Å². The second-order valence-corrected chi connectivity index (χ2v) is 4.82. The van der Waals surface area contributed by atoms with Crippen molar-refractivity contribution in [2.75, 3.05) is 14.2 Å². The molecule has 1 fully saturated rings. The van der Waals surface area contributed by atoms with Gasteiger partial charge in [0.1, 0.15) is 0 Å². The Morgan fingerprint density at radius 2 is 1.53 bits per heavy atom. The van der Waals surface area contributed by atoms with Gasteiger partial charge in [-0.05, 0) is 31.1 Å². The largest absolute Gasteiger partial charge is 0.349 e. The van der Waals surface area contributed by atoms with Crippen molar-refractivity contribution < 1.29 is 14.3 Å². The lowest BCUT2D eigenvalue weighted by atomic mass is 9.75. The van der Waals surface area contributed by atoms with Crippen molar-refractivity contribution in [1.82, 2.24) is 0 Å². The highest BCUT2D eigenvalue weighted by atomic mass is 16.7. The lowest BCUT2D eigenvalue weighted by Crippen LogP contribution is -2.35. The summed E-state index contributed by atoms with van der Waals surface area (Å²) in [6.45, 7) is 4.43. The Morgan fingerprint density at radius 1 is 1.07 bits per heavy atom. The van der Waals surface area contributed by atoms with Crippen LogP contribution in [0.2, 0.25) is 0 Å². The number of rotatable bonds is 4. The number of carbonyl (C=O) groups excluding carboxylic acids is 1. The topological polar surface area (TPSA) is 35.5 Å². The van der Waals surface area contributed by atoms with Crippen LogP contribution in [0.4, 0.5) is 0 Å². The molecule has 0 aliphatic heterocycles. The summed E-state index contributed by atoms with van der Waals surface area (Å²) in [4.78, 5) is 12.0. The predicted molar refractivity (Wildman–Crippen MR) is 58.5 cm³/mol. The molecule has 0 spiro atoms. The van der Waals surface area contributed by atoms with Gasteiger partial charge in [-0.2, -0.15) is 0 Å². The van der Waals surface area contributed by atoms with Crippen molar-refractivity contribution in [3.05, 3.63) is 0 Å². The van der Waals surface area contributed by atoms with E-state index in [-0.39, 0.29) is 11.7 Å². The van der Waals surface area contributed by atoms with Crippen molar-refractivity contribution in [1.29, 1.82) is 0 Å². The Bertz CT molecular complexity index is 201. The van der Waals surface area contributed by atoms with E-state index in [2.05, 4.69) is 13.8 Å². The first kappa shape index (κ1) is 12.7. The van der Waals surface area contributed by atoms with Gasteiger partial charge in [0.05, 0.1) is 0 Å². The van der Waals surface area contributed by atoms with Crippen molar-refractivity contribution in [2.24, 2.45) is 17.8 Å². The fraction of sp³-hybridized carbons (Fsp3) is 0.917. The molecule has 0 radical (unpaired) electrons. The third kappa shape index (κ3) is 3.28. The van der Waals surface area contributed by atoms with Crippen LogP contribution in [0.15, 0.2) is 0 Å². The fourth-order valence-corrected chi connectivity index (χ4v) is 2.70. The molecule has 0 bridgehead atoms. The summed E-state index contributed by atoms with van der Waals surface area (Å²) in [6, 6.07) is 0. The summed E-state index contributed by atoms with van der Waals surface area (Å²) in [7, 11) is 3.03. The minimum Gasteiger partial charge on any atom is -0.349 e. The van der Waals surface area contributed by atoms with Gasteiger partial charge >= 0.3 is 0 Å². The Balaban J connectivity index is 2.58. The van der Waals surface area contributed by atoms with E-state index >= 15 is 0 Å². The number of Topliss-reactive ketones (excluding diaryl/α,β-unsaturated/α-hetero) is 1. The lowest BCUT2D eigenvalue weighted by Gasteiger charge is -2.31. The molecule has 2 atom stereocenters. The number of hydrogen-bond donors (Lipinski definition) is 0. The molecule has 0 saturated heterocycles. The summed E-state index contributed by atoms with van der Waals surface area (Å²) in [6.07, 6.45) is 2.51. The zero-order chi connectivity index (χ0) is 11.4. The zero-order valence-corrected chi connectivity index (χ0v) is 10.2. The van der Waals surface area contributed by atoms with Crippen LogP contribution in [0, 0.1) is 17.8 Å². The molecule has 1 saturated carbocycles. The lowest BCUT2D eigenvalue weighted by molar-refractivity contribution is -0.162. The quantitative estimate of drug-likeness (QED) is 0.673. The first-order valence-corrected chi connectivity index (χ1v) is 5.67.